The molecule has 1 aromatic rings. The molecule has 0 amide bonds. The zero-order valence-corrected chi connectivity index (χ0v) is 12.0. The molecule has 1 aromatic heterocycles. The van der Waals surface area contributed by atoms with Crippen LogP contribution in [0.5, 0.6) is 0 Å². The van der Waals surface area contributed by atoms with E-state index in [9.17, 15) is 0 Å². The molecule has 104 valence electrons. The summed E-state index contributed by atoms with van der Waals surface area (Å²) in [7, 11) is 0. The van der Waals surface area contributed by atoms with Crippen LogP contribution in [0.4, 0.5) is 0 Å². The topological polar surface area (TPSA) is 55.6 Å². The lowest BCUT2D eigenvalue weighted by molar-refractivity contribution is 0.423. The van der Waals surface area contributed by atoms with Crippen molar-refractivity contribution in [1.29, 1.82) is 0 Å². The predicted molar refractivity (Wildman–Crippen MR) is 76.2 cm³/mol. The van der Waals surface area contributed by atoms with Crippen molar-refractivity contribution < 1.29 is 0 Å². The van der Waals surface area contributed by atoms with Crippen LogP contribution in [-0.2, 0) is 0 Å². The van der Waals surface area contributed by atoms with Gasteiger partial charge >= 0.3 is 0 Å². The lowest BCUT2D eigenvalue weighted by Gasteiger charge is -2.11. The lowest BCUT2D eigenvalue weighted by Crippen LogP contribution is -2.19. The van der Waals surface area contributed by atoms with Crippen LogP contribution in [0.1, 0.15) is 44.6 Å². The minimum absolute atomic E-state index is 0.510. The second kappa shape index (κ2) is 6.05. The molecule has 0 saturated heterocycles. The summed E-state index contributed by atoms with van der Waals surface area (Å²) in [5, 5.41) is 16.5. The smallest absolute Gasteiger partial charge is 0.209 e. The van der Waals surface area contributed by atoms with Gasteiger partial charge in [-0.25, -0.2) is 4.68 Å². The van der Waals surface area contributed by atoms with Gasteiger partial charge in [0.1, 0.15) is 0 Å². The van der Waals surface area contributed by atoms with Gasteiger partial charge in [0.05, 0.1) is 6.04 Å². The first kappa shape index (κ1) is 13.1. The van der Waals surface area contributed by atoms with Crippen LogP contribution in [0.25, 0.3) is 0 Å². The van der Waals surface area contributed by atoms with E-state index >= 15 is 0 Å². The first-order valence-electron chi connectivity index (χ1n) is 7.13. The van der Waals surface area contributed by atoms with E-state index in [2.05, 4.69) is 27.4 Å². The molecule has 0 unspecified atom stereocenters. The molecule has 2 saturated carbocycles. The van der Waals surface area contributed by atoms with Crippen LogP contribution in [-0.4, -0.2) is 38.5 Å². The first-order chi connectivity index (χ1) is 9.33. The van der Waals surface area contributed by atoms with E-state index < -0.39 is 0 Å². The van der Waals surface area contributed by atoms with Gasteiger partial charge in [-0.1, -0.05) is 36.8 Å². The molecule has 0 atom stereocenters. The molecular weight excluding hydrogens is 258 g/mol. The SMILES string of the molecule is C=C(CNC1CC1)CSc1nnnn1C1CCCC1. The minimum atomic E-state index is 0.510. The molecule has 3 rings (SSSR count). The number of rotatable bonds is 7. The molecule has 0 radical (unpaired) electrons. The minimum Gasteiger partial charge on any atom is -0.310 e. The van der Waals surface area contributed by atoms with E-state index in [1.165, 1.54) is 44.1 Å². The number of nitrogens with zero attached hydrogens (tertiary/aromatic N) is 4. The van der Waals surface area contributed by atoms with Gasteiger partial charge in [0.15, 0.2) is 0 Å². The Morgan fingerprint density at radius 1 is 1.32 bits per heavy atom. The predicted octanol–water partition coefficient (Wildman–Crippen LogP) is 2.19. The van der Waals surface area contributed by atoms with Crippen molar-refractivity contribution >= 4 is 11.8 Å². The van der Waals surface area contributed by atoms with E-state index in [1.807, 2.05) is 4.68 Å². The average molecular weight is 279 g/mol. The molecule has 0 spiro atoms. The van der Waals surface area contributed by atoms with Crippen molar-refractivity contribution in [3.8, 4) is 0 Å². The highest BCUT2D eigenvalue weighted by Crippen LogP contribution is 2.31. The maximum absolute atomic E-state index is 4.15. The Bertz CT molecular complexity index is 434. The third-order valence-corrected chi connectivity index (χ3v) is 4.84. The molecular formula is C13H21N5S. The molecule has 1 N–H and O–H groups in total. The van der Waals surface area contributed by atoms with Gasteiger partial charge in [0.25, 0.3) is 0 Å². The Morgan fingerprint density at radius 2 is 2.11 bits per heavy atom. The number of tetrazole rings is 1. The van der Waals surface area contributed by atoms with Crippen LogP contribution in [0.3, 0.4) is 0 Å². The maximum Gasteiger partial charge on any atom is 0.209 e. The molecule has 1 heterocycles. The van der Waals surface area contributed by atoms with Crippen molar-refractivity contribution in [1.82, 2.24) is 25.5 Å². The second-order valence-corrected chi connectivity index (χ2v) is 6.48. The molecule has 2 aliphatic rings. The van der Waals surface area contributed by atoms with Crippen molar-refractivity contribution in [2.75, 3.05) is 12.3 Å². The van der Waals surface area contributed by atoms with Crippen LogP contribution in [0.15, 0.2) is 17.3 Å². The van der Waals surface area contributed by atoms with Crippen molar-refractivity contribution in [3.05, 3.63) is 12.2 Å². The highest BCUT2D eigenvalue weighted by atomic mass is 32.2. The Morgan fingerprint density at radius 3 is 2.84 bits per heavy atom. The molecule has 19 heavy (non-hydrogen) atoms. The van der Waals surface area contributed by atoms with Gasteiger partial charge in [-0.15, -0.1) is 5.10 Å². The highest BCUT2D eigenvalue weighted by Gasteiger charge is 2.22. The fraction of sp³-hybridized carbons (Fsp3) is 0.769. The number of thioether (sulfide) groups is 1. The van der Waals surface area contributed by atoms with Gasteiger partial charge in [-0.3, -0.25) is 0 Å². The van der Waals surface area contributed by atoms with Crippen molar-refractivity contribution in [3.63, 3.8) is 0 Å². The summed E-state index contributed by atoms with van der Waals surface area (Å²) in [6.45, 7) is 5.04. The number of nitrogens with one attached hydrogen (secondary N) is 1. The van der Waals surface area contributed by atoms with Crippen LogP contribution < -0.4 is 5.32 Å². The Labute approximate surface area is 118 Å². The average Bonchev–Trinajstić information content (AvgIpc) is 2.92. The molecule has 2 fully saturated rings. The van der Waals surface area contributed by atoms with Crippen molar-refractivity contribution in [2.24, 2.45) is 0 Å². The summed E-state index contributed by atoms with van der Waals surface area (Å²) in [6.07, 6.45) is 7.66. The zero-order valence-electron chi connectivity index (χ0n) is 11.2. The van der Waals surface area contributed by atoms with E-state index in [0.717, 1.165) is 23.5 Å². The lowest BCUT2D eigenvalue weighted by atomic mass is 10.3. The standard InChI is InChI=1S/C13H21N5S/c1-10(8-14-11-6-7-11)9-19-13-15-16-17-18(13)12-4-2-3-5-12/h11-12,14H,1-9H2. The summed E-state index contributed by atoms with van der Waals surface area (Å²) < 4.78 is 2.01. The number of aromatic nitrogens is 4. The quantitative estimate of drug-likeness (QED) is 0.612. The molecule has 0 aromatic carbocycles. The maximum atomic E-state index is 4.15. The van der Waals surface area contributed by atoms with Gasteiger partial charge in [0.2, 0.25) is 5.16 Å². The van der Waals surface area contributed by atoms with Gasteiger partial charge in [0, 0.05) is 18.3 Å². The fourth-order valence-electron chi connectivity index (χ4n) is 2.45. The van der Waals surface area contributed by atoms with Crippen LogP contribution in [0, 0.1) is 0 Å². The summed E-state index contributed by atoms with van der Waals surface area (Å²) in [4.78, 5) is 0. The number of hydrogen-bond acceptors (Lipinski definition) is 5. The Balaban J connectivity index is 1.48. The summed E-state index contributed by atoms with van der Waals surface area (Å²) in [6, 6.07) is 1.25. The van der Waals surface area contributed by atoms with Crippen LogP contribution >= 0.6 is 11.8 Å². The monoisotopic (exact) mass is 279 g/mol. The van der Waals surface area contributed by atoms with E-state index in [4.69, 9.17) is 0 Å². The Hall–Kier alpha value is -0.880. The third kappa shape index (κ3) is 3.57. The molecule has 0 bridgehead atoms. The highest BCUT2D eigenvalue weighted by molar-refractivity contribution is 7.99. The van der Waals surface area contributed by atoms with Crippen molar-refractivity contribution in [2.45, 2.75) is 55.8 Å². The normalized spacial score (nSPS) is 20.0. The van der Waals surface area contributed by atoms with Crippen LogP contribution in [0.2, 0.25) is 0 Å². The van der Waals surface area contributed by atoms with Gasteiger partial charge in [-0.2, -0.15) is 0 Å². The molecule has 5 nitrogen and oxygen atoms in total. The Kier molecular flexibility index (Phi) is 4.18. The summed E-state index contributed by atoms with van der Waals surface area (Å²) in [5.74, 6) is 0.896. The van der Waals surface area contributed by atoms with E-state index in [0.29, 0.717) is 6.04 Å². The zero-order chi connectivity index (χ0) is 13.1. The molecule has 6 heteroatoms. The molecule has 2 aliphatic carbocycles. The fourth-order valence-corrected chi connectivity index (χ4v) is 3.30. The van der Waals surface area contributed by atoms with E-state index in [1.54, 1.807) is 11.8 Å². The first-order valence-corrected chi connectivity index (χ1v) is 8.12. The van der Waals surface area contributed by atoms with E-state index in [-0.39, 0.29) is 0 Å². The summed E-state index contributed by atoms with van der Waals surface area (Å²) >= 11 is 1.71. The van der Waals surface area contributed by atoms with Gasteiger partial charge in [-0.05, 0) is 36.1 Å². The third-order valence-electron chi connectivity index (χ3n) is 3.76. The second-order valence-electron chi connectivity index (χ2n) is 5.54. The molecule has 0 aliphatic heterocycles. The largest absolute Gasteiger partial charge is 0.310 e. The summed E-state index contributed by atoms with van der Waals surface area (Å²) in [5.41, 5.74) is 1.22. The number of hydrogen-bond donors (Lipinski definition) is 1. The van der Waals surface area contributed by atoms with Gasteiger partial charge < -0.3 is 5.32 Å².